The Labute approximate surface area is 285 Å². The molecule has 0 aromatic heterocycles. The van der Waals surface area contributed by atoms with Crippen LogP contribution in [-0.2, 0) is 20.2 Å². The van der Waals surface area contributed by atoms with Crippen LogP contribution in [0.5, 0.6) is 0 Å². The van der Waals surface area contributed by atoms with E-state index in [1.54, 1.807) is 0 Å². The van der Waals surface area contributed by atoms with E-state index in [9.17, 15) is 25.9 Å². The fourth-order valence-corrected chi connectivity index (χ4v) is 9.08. The van der Waals surface area contributed by atoms with Gasteiger partial charge in [-0.3, -0.25) is 9.11 Å². The second-order valence-electron chi connectivity index (χ2n) is 14.1. The van der Waals surface area contributed by atoms with Crippen molar-refractivity contribution in [3.63, 3.8) is 0 Å². The number of nitrogens with zero attached hydrogens (tertiary/aromatic N) is 2. The first-order valence-electron chi connectivity index (χ1n) is 16.6. The molecule has 5 aliphatic rings. The normalized spacial score (nSPS) is 24.5. The van der Waals surface area contributed by atoms with Crippen LogP contribution in [0.1, 0.15) is 85.5 Å². The van der Waals surface area contributed by atoms with Crippen LogP contribution in [0.3, 0.4) is 0 Å². The summed E-state index contributed by atoms with van der Waals surface area (Å²) in [4.78, 5) is 2.20. The molecular weight excluding hydrogens is 656 g/mol. The highest BCUT2D eigenvalue weighted by Crippen LogP contribution is 2.51. The molecule has 5 rings (SSSR count). The molecular formula is C36H48ClN2O6S2+. The first kappa shape index (κ1) is 35.8. The van der Waals surface area contributed by atoms with Crippen LogP contribution in [0, 0.1) is 10.8 Å². The Morgan fingerprint density at radius 2 is 1.51 bits per heavy atom. The molecule has 0 radical (unpaired) electrons. The zero-order valence-corrected chi connectivity index (χ0v) is 30.3. The lowest BCUT2D eigenvalue weighted by atomic mass is 9.77. The molecule has 256 valence electrons. The Kier molecular flexibility index (Phi) is 10.5. The third-order valence-electron chi connectivity index (χ3n) is 10.2. The van der Waals surface area contributed by atoms with Crippen molar-refractivity contribution in [1.82, 2.24) is 4.90 Å². The minimum atomic E-state index is -4.04. The Bertz CT molecular complexity index is 1820. The van der Waals surface area contributed by atoms with E-state index < -0.39 is 20.2 Å². The summed E-state index contributed by atoms with van der Waals surface area (Å²) in [7, 11) is -8.08. The van der Waals surface area contributed by atoms with Gasteiger partial charge >= 0.3 is 0 Å². The summed E-state index contributed by atoms with van der Waals surface area (Å²) < 4.78 is 66.7. The number of hydrogen-bond acceptors (Lipinski definition) is 5. The third-order valence-corrected chi connectivity index (χ3v) is 12.2. The van der Waals surface area contributed by atoms with E-state index in [4.69, 9.17) is 11.6 Å². The van der Waals surface area contributed by atoms with Gasteiger partial charge in [-0.05, 0) is 94.1 Å². The van der Waals surface area contributed by atoms with Crippen LogP contribution in [0.4, 0.5) is 0 Å². The fraction of sp³-hybridized carbons (Fsp3) is 0.528. The summed E-state index contributed by atoms with van der Waals surface area (Å²) in [5.41, 5.74) is 8.77. The summed E-state index contributed by atoms with van der Waals surface area (Å²) in [6.45, 7) is 9.83. The van der Waals surface area contributed by atoms with Crippen LogP contribution >= 0.6 is 11.6 Å². The van der Waals surface area contributed by atoms with Crippen molar-refractivity contribution in [2.75, 3.05) is 24.6 Å². The summed E-state index contributed by atoms with van der Waals surface area (Å²) in [6, 6.07) is 0. The van der Waals surface area contributed by atoms with E-state index in [1.807, 2.05) is 0 Å². The zero-order chi connectivity index (χ0) is 34.2. The number of hydrogen-bond donors (Lipinski definition) is 2. The maximum Gasteiger partial charge on any atom is 0.265 e. The van der Waals surface area contributed by atoms with Crippen LogP contribution in [-0.4, -0.2) is 65.7 Å². The molecule has 2 heterocycles. The highest BCUT2D eigenvalue weighted by Gasteiger charge is 2.46. The lowest BCUT2D eigenvalue weighted by molar-refractivity contribution is -0.469. The fourth-order valence-electron chi connectivity index (χ4n) is 7.77. The van der Waals surface area contributed by atoms with Gasteiger partial charge in [0, 0.05) is 52.5 Å². The SMILES string of the molecule is CC1(C)C2=C(C=CCC2)[N+](CCCS(=O)(=O)O)=C1/C=C/C1=C(Cl)C(=C/C=C2\N(CCCS(=O)(=O)O)C3=C(CCC=C3)C2(C)C)/CCC1. The summed E-state index contributed by atoms with van der Waals surface area (Å²) in [5, 5.41) is 0.739. The van der Waals surface area contributed by atoms with Gasteiger partial charge in [0.2, 0.25) is 5.70 Å². The molecule has 0 spiro atoms. The van der Waals surface area contributed by atoms with E-state index >= 15 is 0 Å². The van der Waals surface area contributed by atoms with Crippen molar-refractivity contribution >= 4 is 37.5 Å². The van der Waals surface area contributed by atoms with Crippen molar-refractivity contribution in [3.8, 4) is 0 Å². The van der Waals surface area contributed by atoms with E-state index in [0.717, 1.165) is 83.9 Å². The molecule has 0 fully saturated rings. The van der Waals surface area contributed by atoms with E-state index in [-0.39, 0.29) is 22.3 Å². The van der Waals surface area contributed by atoms with E-state index in [0.29, 0.717) is 25.9 Å². The molecule has 2 N–H and O–H groups in total. The number of halogens is 1. The summed E-state index contributed by atoms with van der Waals surface area (Å²) >= 11 is 7.11. The largest absolute Gasteiger partial charge is 0.344 e. The zero-order valence-electron chi connectivity index (χ0n) is 27.9. The highest BCUT2D eigenvalue weighted by molar-refractivity contribution is 7.86. The smallest absolute Gasteiger partial charge is 0.265 e. The number of rotatable bonds is 11. The predicted octanol–water partition coefficient (Wildman–Crippen LogP) is 7.63. The molecule has 0 aromatic carbocycles. The molecule has 0 bridgehead atoms. The first-order chi connectivity index (χ1) is 22.0. The van der Waals surface area contributed by atoms with Gasteiger partial charge in [0.15, 0.2) is 5.71 Å². The standard InChI is InChI=1S/C36H47ClN2O6S2/c1-35(2)28-14-5-7-16-30(28)38(22-10-24-46(40,41)42)32(35)20-18-26-12-9-13-27(34(26)37)19-21-33-36(3,4)29-15-6-8-17-31(29)39(33)23-11-25-47(43,44)45/h7-8,16-21H,5-6,9-15,22-25H2,1-4H3,(H-,40,41,42,43,44,45)/p+1. The van der Waals surface area contributed by atoms with Crippen molar-refractivity contribution in [2.45, 2.75) is 85.5 Å². The second-order valence-corrected chi connectivity index (χ2v) is 17.6. The molecule has 0 atom stereocenters. The lowest BCUT2D eigenvalue weighted by Crippen LogP contribution is -2.27. The molecule has 8 nitrogen and oxygen atoms in total. The monoisotopic (exact) mass is 703 g/mol. The molecule has 3 aliphatic carbocycles. The van der Waals surface area contributed by atoms with Crippen molar-refractivity contribution < 1.29 is 30.5 Å². The van der Waals surface area contributed by atoms with Gasteiger partial charge in [-0.1, -0.05) is 49.8 Å². The second kappa shape index (κ2) is 13.8. The van der Waals surface area contributed by atoms with Crippen molar-refractivity contribution in [1.29, 1.82) is 0 Å². The molecule has 0 saturated carbocycles. The molecule has 11 heteroatoms. The first-order valence-corrected chi connectivity index (χ1v) is 20.2. The van der Waals surface area contributed by atoms with Gasteiger partial charge in [-0.15, -0.1) is 0 Å². The van der Waals surface area contributed by atoms with E-state index in [1.165, 1.54) is 11.1 Å². The van der Waals surface area contributed by atoms with Gasteiger partial charge in [0.25, 0.3) is 20.2 Å². The molecule has 0 amide bonds. The van der Waals surface area contributed by atoms with Crippen LogP contribution in [0.15, 0.2) is 93.0 Å². The van der Waals surface area contributed by atoms with E-state index in [2.05, 4.69) is 85.8 Å². The lowest BCUT2D eigenvalue weighted by Gasteiger charge is -2.29. The number of allylic oxidation sites excluding steroid dienone is 13. The summed E-state index contributed by atoms with van der Waals surface area (Å²) in [6.07, 6.45) is 24.2. The van der Waals surface area contributed by atoms with Gasteiger partial charge in [0.05, 0.1) is 16.9 Å². The predicted molar refractivity (Wildman–Crippen MR) is 189 cm³/mol. The molecule has 0 aromatic rings. The molecule has 0 unspecified atom stereocenters. The van der Waals surface area contributed by atoms with Crippen LogP contribution < -0.4 is 0 Å². The van der Waals surface area contributed by atoms with Gasteiger partial charge < -0.3 is 4.90 Å². The quantitative estimate of drug-likeness (QED) is 0.168. The minimum Gasteiger partial charge on any atom is -0.344 e. The molecule has 47 heavy (non-hydrogen) atoms. The average molecular weight is 704 g/mol. The van der Waals surface area contributed by atoms with Crippen LogP contribution in [0.25, 0.3) is 0 Å². The Morgan fingerprint density at radius 3 is 2.21 bits per heavy atom. The molecule has 0 saturated heterocycles. The Morgan fingerprint density at radius 1 is 0.851 bits per heavy atom. The maximum atomic E-state index is 11.5. The van der Waals surface area contributed by atoms with Gasteiger partial charge in [0.1, 0.15) is 6.54 Å². The molecule has 2 aliphatic heterocycles. The average Bonchev–Trinajstić information content (AvgIpc) is 3.33. The topological polar surface area (TPSA) is 115 Å². The van der Waals surface area contributed by atoms with Crippen LogP contribution in [0.2, 0.25) is 0 Å². The third kappa shape index (κ3) is 7.88. The van der Waals surface area contributed by atoms with Crippen molar-refractivity contribution in [2.24, 2.45) is 10.8 Å². The van der Waals surface area contributed by atoms with Gasteiger partial charge in [-0.2, -0.15) is 21.4 Å². The Balaban J connectivity index is 1.45. The maximum absolute atomic E-state index is 11.5. The minimum absolute atomic E-state index is 0.229. The van der Waals surface area contributed by atoms with Crippen molar-refractivity contribution in [3.05, 3.63) is 93.0 Å². The summed E-state index contributed by atoms with van der Waals surface area (Å²) in [5.74, 6) is -0.561. The highest BCUT2D eigenvalue weighted by atomic mass is 35.5. The Hall–Kier alpha value is -2.50. The van der Waals surface area contributed by atoms with Gasteiger partial charge in [-0.25, -0.2) is 0 Å².